The van der Waals surface area contributed by atoms with Crippen molar-refractivity contribution in [2.45, 2.75) is 150 Å². The number of thiophene rings is 1. The van der Waals surface area contributed by atoms with Gasteiger partial charge in [-0.1, -0.05) is 53.7 Å². The molecule has 0 bridgehead atoms. The third kappa shape index (κ3) is 14.2. The van der Waals surface area contributed by atoms with Crippen molar-refractivity contribution < 1.29 is 46.9 Å². The second-order valence-corrected chi connectivity index (χ2v) is 23.2. The summed E-state index contributed by atoms with van der Waals surface area (Å²) in [5, 5.41) is 14.9. The number of hydrogen-bond acceptors (Lipinski definition) is 11. The standard InChI is InChI=1S/C48H71N3O10S2/c1-31(2)29-50(63(56,57)37-21-19-35(58-14)20-22-37)26-24-34(51(48(12,13)55)44(54)61-45(5,6)7)27-33-15-17-36(18-16-33)60-47(10,11)43(53)49-41-40(42(52)59-30-32(3)4)38-28-46(8,9)25-23-39(38)62-41/h15-22,31-32,34,55H,23-30H2,1-14H3,(H,49,53)/t34-/m1/s1. The highest BCUT2D eigenvalue weighted by Crippen LogP contribution is 2.44. The maximum absolute atomic E-state index is 14.1. The van der Waals surface area contributed by atoms with Gasteiger partial charge in [-0.2, -0.15) is 4.31 Å². The van der Waals surface area contributed by atoms with E-state index >= 15 is 0 Å². The Balaban J connectivity index is 1.60. The normalized spacial score (nSPS) is 14.9. The number of ether oxygens (including phenoxy) is 4. The highest BCUT2D eigenvalue weighted by atomic mass is 32.2. The Morgan fingerprint density at radius 1 is 0.905 bits per heavy atom. The van der Waals surface area contributed by atoms with Crippen LogP contribution in [0.2, 0.25) is 0 Å². The fourth-order valence-electron chi connectivity index (χ4n) is 7.46. The van der Waals surface area contributed by atoms with Gasteiger partial charge in [0.15, 0.2) is 5.60 Å². The number of benzene rings is 2. The molecule has 1 aliphatic rings. The summed E-state index contributed by atoms with van der Waals surface area (Å²) in [5.41, 5.74) is -1.80. The molecule has 2 amide bonds. The lowest BCUT2D eigenvalue weighted by Crippen LogP contribution is -2.56. The van der Waals surface area contributed by atoms with Crippen molar-refractivity contribution in [3.05, 3.63) is 70.1 Å². The molecular weight excluding hydrogens is 843 g/mol. The van der Waals surface area contributed by atoms with Crippen molar-refractivity contribution >= 4 is 44.3 Å². The van der Waals surface area contributed by atoms with Crippen molar-refractivity contribution in [2.24, 2.45) is 17.3 Å². The minimum Gasteiger partial charge on any atom is -0.497 e. The molecule has 0 aliphatic heterocycles. The number of amides is 2. The van der Waals surface area contributed by atoms with Gasteiger partial charge >= 0.3 is 12.1 Å². The summed E-state index contributed by atoms with van der Waals surface area (Å²) in [5.74, 6) is 0.199. The lowest BCUT2D eigenvalue weighted by molar-refractivity contribution is -0.128. The van der Waals surface area contributed by atoms with Gasteiger partial charge in [-0.05, 0) is 145 Å². The van der Waals surface area contributed by atoms with Crippen LogP contribution in [0.5, 0.6) is 11.5 Å². The molecule has 0 saturated carbocycles. The Kier molecular flexibility index (Phi) is 16.6. The highest BCUT2D eigenvalue weighted by molar-refractivity contribution is 7.89. The Labute approximate surface area is 379 Å². The van der Waals surface area contributed by atoms with Gasteiger partial charge in [0.2, 0.25) is 10.0 Å². The molecule has 4 rings (SSSR count). The van der Waals surface area contributed by atoms with Gasteiger partial charge in [0.1, 0.15) is 27.8 Å². The molecule has 1 aliphatic carbocycles. The first kappa shape index (κ1) is 51.5. The number of anilines is 1. The number of carbonyl (C=O) groups excluding carboxylic acids is 3. The molecule has 1 aromatic heterocycles. The van der Waals surface area contributed by atoms with E-state index in [0.29, 0.717) is 28.5 Å². The Bertz CT molecular complexity index is 2150. The van der Waals surface area contributed by atoms with Crippen molar-refractivity contribution in [1.29, 1.82) is 0 Å². The zero-order valence-corrected chi connectivity index (χ0v) is 41.5. The zero-order valence-electron chi connectivity index (χ0n) is 39.8. The van der Waals surface area contributed by atoms with Crippen LogP contribution in [0.25, 0.3) is 0 Å². The van der Waals surface area contributed by atoms with Gasteiger partial charge in [-0.25, -0.2) is 18.0 Å². The van der Waals surface area contributed by atoms with Crippen molar-refractivity contribution in [1.82, 2.24) is 9.21 Å². The number of carbonyl (C=O) groups is 3. The Hall–Kier alpha value is -4.18. The van der Waals surface area contributed by atoms with Gasteiger partial charge < -0.3 is 29.4 Å². The van der Waals surface area contributed by atoms with Crippen LogP contribution in [0.3, 0.4) is 0 Å². The van der Waals surface area contributed by atoms with Crippen molar-refractivity contribution in [2.75, 3.05) is 32.1 Å². The number of sulfonamides is 1. The minimum absolute atomic E-state index is 0.00587. The third-order valence-corrected chi connectivity index (χ3v) is 13.7. The number of nitrogens with one attached hydrogen (secondary N) is 1. The summed E-state index contributed by atoms with van der Waals surface area (Å²) in [6, 6.07) is 12.6. The first-order valence-corrected chi connectivity index (χ1v) is 24.1. The lowest BCUT2D eigenvalue weighted by Gasteiger charge is -2.41. The van der Waals surface area contributed by atoms with Crippen LogP contribution in [-0.4, -0.2) is 90.5 Å². The predicted molar refractivity (Wildman–Crippen MR) is 248 cm³/mol. The number of hydrogen-bond donors (Lipinski definition) is 2. The van der Waals surface area contributed by atoms with Crippen LogP contribution in [0.4, 0.5) is 9.80 Å². The van der Waals surface area contributed by atoms with Gasteiger partial charge in [-0.15, -0.1) is 11.3 Å². The zero-order chi connectivity index (χ0) is 47.3. The molecular formula is C48H71N3O10S2. The number of nitrogens with zero attached hydrogens (tertiary/aromatic N) is 2. The molecule has 2 aromatic carbocycles. The minimum atomic E-state index is -3.96. The Morgan fingerprint density at radius 3 is 2.05 bits per heavy atom. The molecule has 15 heteroatoms. The molecule has 1 heterocycles. The largest absolute Gasteiger partial charge is 0.497 e. The van der Waals surface area contributed by atoms with E-state index < -0.39 is 51.0 Å². The van der Waals surface area contributed by atoms with Crippen LogP contribution in [0, 0.1) is 17.3 Å². The topological polar surface area (TPSA) is 161 Å². The fourth-order valence-corrected chi connectivity index (χ4v) is 10.3. The molecule has 0 fully saturated rings. The van der Waals surface area contributed by atoms with Crippen molar-refractivity contribution in [3.63, 3.8) is 0 Å². The molecule has 0 radical (unpaired) electrons. The van der Waals surface area contributed by atoms with Crippen molar-refractivity contribution in [3.8, 4) is 11.5 Å². The van der Waals surface area contributed by atoms with E-state index in [1.165, 1.54) is 53.6 Å². The first-order valence-electron chi connectivity index (χ1n) is 21.8. The highest BCUT2D eigenvalue weighted by Gasteiger charge is 2.40. The quantitative estimate of drug-likeness (QED) is 0.0876. The molecule has 3 aromatic rings. The van der Waals surface area contributed by atoms with Crippen LogP contribution in [0.15, 0.2) is 53.4 Å². The molecule has 0 saturated heterocycles. The maximum atomic E-state index is 14.1. The smallest absolute Gasteiger partial charge is 0.412 e. The molecule has 350 valence electrons. The van der Waals surface area contributed by atoms with E-state index in [0.717, 1.165) is 28.8 Å². The summed E-state index contributed by atoms with van der Waals surface area (Å²) in [6.45, 7) is 24.2. The number of rotatable bonds is 19. The second-order valence-electron chi connectivity index (χ2n) is 20.2. The molecule has 0 unspecified atom stereocenters. The van der Waals surface area contributed by atoms with Gasteiger partial charge in [0.25, 0.3) is 5.91 Å². The maximum Gasteiger partial charge on any atom is 0.412 e. The summed E-state index contributed by atoms with van der Waals surface area (Å²) < 4.78 is 52.5. The predicted octanol–water partition coefficient (Wildman–Crippen LogP) is 9.49. The van der Waals surface area contributed by atoms with Gasteiger partial charge in [0, 0.05) is 24.0 Å². The van der Waals surface area contributed by atoms with Crippen LogP contribution in [-0.2, 0) is 43.6 Å². The molecule has 63 heavy (non-hydrogen) atoms. The monoisotopic (exact) mass is 913 g/mol. The third-order valence-electron chi connectivity index (χ3n) is 10.6. The molecule has 2 N–H and O–H groups in total. The lowest BCUT2D eigenvalue weighted by atomic mass is 9.76. The van der Waals surface area contributed by atoms with Crippen LogP contribution >= 0.6 is 11.3 Å². The molecule has 0 spiro atoms. The van der Waals surface area contributed by atoms with Crippen LogP contribution in [0.1, 0.15) is 129 Å². The number of aryl methyl sites for hydroxylation is 1. The summed E-state index contributed by atoms with van der Waals surface area (Å²) >= 11 is 1.42. The molecule has 1 atom stereocenters. The van der Waals surface area contributed by atoms with E-state index in [1.54, 1.807) is 58.9 Å². The summed E-state index contributed by atoms with van der Waals surface area (Å²) in [4.78, 5) is 43.8. The van der Waals surface area contributed by atoms with Crippen LogP contribution < -0.4 is 14.8 Å². The average molecular weight is 914 g/mol. The SMILES string of the molecule is COc1ccc(S(=O)(=O)N(CC[C@H](Cc2ccc(OC(C)(C)C(=O)Nc3sc4c(c3C(=O)OCC(C)C)CC(C)(C)CC4)cc2)N(C(=O)OC(C)(C)C)C(C)(C)O)CC(C)C)cc1. The van der Waals surface area contributed by atoms with Gasteiger partial charge in [-0.3, -0.25) is 9.69 Å². The summed E-state index contributed by atoms with van der Waals surface area (Å²) in [7, 11) is -2.45. The second kappa shape index (κ2) is 20.3. The average Bonchev–Trinajstić information content (AvgIpc) is 3.50. The van der Waals surface area contributed by atoms with Gasteiger partial charge in [0.05, 0.1) is 24.2 Å². The number of fused-ring (bicyclic) bond motifs is 1. The van der Waals surface area contributed by atoms with E-state index in [2.05, 4.69) is 19.2 Å². The fraction of sp³-hybridized carbons (Fsp3) is 0.604. The van der Waals surface area contributed by atoms with E-state index in [-0.39, 0.29) is 54.7 Å². The van der Waals surface area contributed by atoms with E-state index in [1.807, 2.05) is 39.8 Å². The molecule has 13 nitrogen and oxygen atoms in total. The van der Waals surface area contributed by atoms with E-state index in [9.17, 15) is 27.9 Å². The number of aliphatic hydroxyl groups is 1. The Morgan fingerprint density at radius 2 is 1.51 bits per heavy atom. The number of esters is 1. The first-order chi connectivity index (χ1) is 29.0. The summed E-state index contributed by atoms with van der Waals surface area (Å²) in [6.07, 6.45) is 2.13. The number of methoxy groups -OCH3 is 1. The van der Waals surface area contributed by atoms with E-state index in [4.69, 9.17) is 18.9 Å².